The second-order valence-corrected chi connectivity index (χ2v) is 4.02. The van der Waals surface area contributed by atoms with Crippen molar-refractivity contribution < 1.29 is 5.11 Å². The summed E-state index contributed by atoms with van der Waals surface area (Å²) in [4.78, 5) is 6.39. The summed E-state index contributed by atoms with van der Waals surface area (Å²) in [7, 11) is 0. The fourth-order valence-electron chi connectivity index (χ4n) is 1.72. The summed E-state index contributed by atoms with van der Waals surface area (Å²) in [5, 5.41) is 9.87. The summed E-state index contributed by atoms with van der Waals surface area (Å²) in [6.45, 7) is 2.46. The van der Waals surface area contributed by atoms with Crippen molar-refractivity contribution in [3.05, 3.63) is 29.0 Å². The molecular weight excluding hydrogens is 200 g/mol. The maximum absolute atomic E-state index is 9.34. The third kappa shape index (κ3) is 2.44. The molecule has 2 rings (SSSR count). The van der Waals surface area contributed by atoms with Crippen LogP contribution < -0.4 is 0 Å². The van der Waals surface area contributed by atoms with E-state index < -0.39 is 0 Å². The van der Waals surface area contributed by atoms with Crippen molar-refractivity contribution in [2.75, 3.05) is 13.1 Å². The molecule has 1 aromatic rings. The van der Waals surface area contributed by atoms with Crippen LogP contribution in [0.25, 0.3) is 0 Å². The summed E-state index contributed by atoms with van der Waals surface area (Å²) in [6, 6.07) is 5.62. The smallest absolute Gasteiger partial charge is 0.129 e. The first-order chi connectivity index (χ1) is 6.74. The Kier molecular flexibility index (Phi) is 3.01. The summed E-state index contributed by atoms with van der Waals surface area (Å²) >= 11 is 5.78. The number of hydrogen-bond donors (Lipinski definition) is 1. The molecule has 0 aromatic carbocycles. The molecule has 2 heterocycles. The van der Waals surface area contributed by atoms with E-state index in [1.807, 2.05) is 12.1 Å². The fourth-order valence-corrected chi connectivity index (χ4v) is 1.90. The molecule has 1 aromatic heterocycles. The molecule has 1 aliphatic heterocycles. The van der Waals surface area contributed by atoms with E-state index in [0.717, 1.165) is 31.7 Å². The molecule has 0 unspecified atom stereocenters. The van der Waals surface area contributed by atoms with Crippen LogP contribution in [0.3, 0.4) is 0 Å². The molecule has 14 heavy (non-hydrogen) atoms. The minimum atomic E-state index is -0.172. The zero-order valence-electron chi connectivity index (χ0n) is 7.86. The minimum Gasteiger partial charge on any atom is -0.392 e. The molecule has 0 radical (unpaired) electrons. The van der Waals surface area contributed by atoms with Crippen molar-refractivity contribution >= 4 is 11.6 Å². The minimum absolute atomic E-state index is 0.172. The lowest BCUT2D eigenvalue weighted by molar-refractivity contribution is 0.174. The van der Waals surface area contributed by atoms with Gasteiger partial charge in [-0.05, 0) is 18.6 Å². The van der Waals surface area contributed by atoms with Crippen molar-refractivity contribution in [3.63, 3.8) is 0 Å². The van der Waals surface area contributed by atoms with Crippen LogP contribution in [0.4, 0.5) is 0 Å². The summed E-state index contributed by atoms with van der Waals surface area (Å²) in [5.41, 5.74) is 0.964. The highest BCUT2D eigenvalue weighted by Gasteiger charge is 2.20. The van der Waals surface area contributed by atoms with Crippen molar-refractivity contribution in [2.45, 2.75) is 19.1 Å². The second-order valence-electron chi connectivity index (χ2n) is 3.63. The van der Waals surface area contributed by atoms with Gasteiger partial charge in [-0.25, -0.2) is 4.98 Å². The third-order valence-corrected chi connectivity index (χ3v) is 2.62. The molecule has 4 heteroatoms. The molecule has 0 aliphatic carbocycles. The van der Waals surface area contributed by atoms with Crippen molar-refractivity contribution in [1.82, 2.24) is 9.88 Å². The van der Waals surface area contributed by atoms with E-state index in [4.69, 9.17) is 11.6 Å². The Bertz CT molecular complexity index is 319. The van der Waals surface area contributed by atoms with E-state index in [-0.39, 0.29) is 6.10 Å². The highest BCUT2D eigenvalue weighted by Crippen LogP contribution is 2.13. The molecule has 1 atom stereocenters. The predicted molar refractivity (Wildman–Crippen MR) is 55.1 cm³/mol. The van der Waals surface area contributed by atoms with Gasteiger partial charge in [0, 0.05) is 19.6 Å². The Morgan fingerprint density at radius 3 is 3.07 bits per heavy atom. The average Bonchev–Trinajstić information content (AvgIpc) is 2.51. The largest absolute Gasteiger partial charge is 0.392 e. The van der Waals surface area contributed by atoms with Gasteiger partial charge in [-0.2, -0.15) is 0 Å². The van der Waals surface area contributed by atoms with Gasteiger partial charge in [0.05, 0.1) is 11.8 Å². The number of likely N-dealkylation sites (tertiary alicyclic amines) is 1. The number of hydrogen-bond acceptors (Lipinski definition) is 3. The van der Waals surface area contributed by atoms with Gasteiger partial charge in [-0.3, -0.25) is 4.90 Å². The van der Waals surface area contributed by atoms with E-state index in [1.165, 1.54) is 0 Å². The highest BCUT2D eigenvalue weighted by molar-refractivity contribution is 6.29. The zero-order chi connectivity index (χ0) is 9.97. The molecule has 1 saturated heterocycles. The van der Waals surface area contributed by atoms with Crippen LogP contribution in [0.5, 0.6) is 0 Å². The van der Waals surface area contributed by atoms with Gasteiger partial charge in [0.15, 0.2) is 0 Å². The predicted octanol–water partition coefficient (Wildman–Crippen LogP) is 1.30. The van der Waals surface area contributed by atoms with E-state index >= 15 is 0 Å². The first kappa shape index (κ1) is 9.90. The number of aliphatic hydroxyl groups is 1. The van der Waals surface area contributed by atoms with Gasteiger partial charge in [0.2, 0.25) is 0 Å². The van der Waals surface area contributed by atoms with Gasteiger partial charge in [-0.15, -0.1) is 0 Å². The fraction of sp³-hybridized carbons (Fsp3) is 0.500. The quantitative estimate of drug-likeness (QED) is 0.751. The number of halogens is 1. The Balaban J connectivity index is 1.97. The lowest BCUT2D eigenvalue weighted by Gasteiger charge is -2.13. The Hall–Kier alpha value is -0.640. The lowest BCUT2D eigenvalue weighted by atomic mass is 10.3. The summed E-state index contributed by atoms with van der Waals surface area (Å²) < 4.78 is 0. The van der Waals surface area contributed by atoms with Crippen LogP contribution in [-0.4, -0.2) is 34.2 Å². The van der Waals surface area contributed by atoms with Crippen LogP contribution in [-0.2, 0) is 6.54 Å². The second kappa shape index (κ2) is 4.26. The summed E-state index contributed by atoms with van der Waals surface area (Å²) in [6.07, 6.45) is 0.690. The maximum atomic E-state index is 9.34. The highest BCUT2D eigenvalue weighted by atomic mass is 35.5. The number of nitrogens with zero attached hydrogens (tertiary/aromatic N) is 2. The first-order valence-electron chi connectivity index (χ1n) is 4.76. The maximum Gasteiger partial charge on any atom is 0.129 e. The molecule has 76 valence electrons. The topological polar surface area (TPSA) is 36.4 Å². The molecule has 0 bridgehead atoms. The molecule has 3 nitrogen and oxygen atoms in total. The van der Waals surface area contributed by atoms with Crippen molar-refractivity contribution in [1.29, 1.82) is 0 Å². The van der Waals surface area contributed by atoms with Crippen LogP contribution in [0, 0.1) is 0 Å². The normalized spacial score (nSPS) is 22.9. The van der Waals surface area contributed by atoms with Gasteiger partial charge >= 0.3 is 0 Å². The van der Waals surface area contributed by atoms with Gasteiger partial charge in [-0.1, -0.05) is 17.7 Å². The standard InChI is InChI=1S/C10H13ClN2O/c11-10-3-1-2-8(12-10)6-13-5-4-9(14)7-13/h1-3,9,14H,4-7H2/t9-/m1/s1. The molecule has 1 N–H and O–H groups in total. The van der Waals surface area contributed by atoms with Gasteiger partial charge in [0.25, 0.3) is 0 Å². The Labute approximate surface area is 88.3 Å². The Morgan fingerprint density at radius 1 is 1.57 bits per heavy atom. The van der Waals surface area contributed by atoms with Crippen LogP contribution in [0.1, 0.15) is 12.1 Å². The van der Waals surface area contributed by atoms with Crippen LogP contribution >= 0.6 is 11.6 Å². The molecule has 0 spiro atoms. The molecule has 0 saturated carbocycles. The van der Waals surface area contributed by atoms with Gasteiger partial charge < -0.3 is 5.11 Å². The number of aromatic nitrogens is 1. The first-order valence-corrected chi connectivity index (χ1v) is 5.14. The number of aliphatic hydroxyl groups excluding tert-OH is 1. The SMILES string of the molecule is O[C@@H]1CCN(Cc2cccc(Cl)n2)C1. The average molecular weight is 213 g/mol. The third-order valence-electron chi connectivity index (χ3n) is 2.41. The monoisotopic (exact) mass is 212 g/mol. The van der Waals surface area contributed by atoms with Crippen molar-refractivity contribution in [3.8, 4) is 0 Å². The van der Waals surface area contributed by atoms with E-state index in [2.05, 4.69) is 9.88 Å². The molecule has 1 aliphatic rings. The molecule has 1 fully saturated rings. The van der Waals surface area contributed by atoms with E-state index in [0.29, 0.717) is 5.15 Å². The molecular formula is C10H13ClN2O. The summed E-state index contributed by atoms with van der Waals surface area (Å²) in [5.74, 6) is 0. The lowest BCUT2D eigenvalue weighted by Crippen LogP contribution is -2.21. The van der Waals surface area contributed by atoms with E-state index in [9.17, 15) is 5.11 Å². The molecule has 0 amide bonds. The van der Waals surface area contributed by atoms with Crippen LogP contribution in [0.2, 0.25) is 5.15 Å². The number of pyridine rings is 1. The number of β-amino-alcohol motifs (C(OH)–C–C–N with tert-alkyl or cyclic N) is 1. The number of rotatable bonds is 2. The van der Waals surface area contributed by atoms with Gasteiger partial charge in [0.1, 0.15) is 5.15 Å². The van der Waals surface area contributed by atoms with Crippen LogP contribution in [0.15, 0.2) is 18.2 Å². The van der Waals surface area contributed by atoms with E-state index in [1.54, 1.807) is 6.07 Å². The zero-order valence-corrected chi connectivity index (χ0v) is 8.61. The van der Waals surface area contributed by atoms with Crippen molar-refractivity contribution in [2.24, 2.45) is 0 Å². The Morgan fingerprint density at radius 2 is 2.43 bits per heavy atom.